The van der Waals surface area contributed by atoms with Gasteiger partial charge >= 0.3 is 0 Å². The third-order valence-electron chi connectivity index (χ3n) is 2.49. The average Bonchev–Trinajstić information content (AvgIpc) is 2.73. The van der Waals surface area contributed by atoms with E-state index in [1.165, 1.54) is 12.1 Å². The molecule has 1 aliphatic rings. The lowest BCUT2D eigenvalue weighted by Gasteiger charge is -2.22. The van der Waals surface area contributed by atoms with E-state index in [2.05, 4.69) is 0 Å². The first-order valence-electron chi connectivity index (χ1n) is 4.79. The molecule has 2 rings (SSSR count). The molecule has 1 aromatic carbocycles. The second-order valence-corrected chi connectivity index (χ2v) is 4.03. The number of aliphatic hydroxyl groups is 1. The van der Waals surface area contributed by atoms with E-state index in [0.717, 1.165) is 0 Å². The maximum atomic E-state index is 13.3. The maximum Gasteiger partial charge on any atom is 0.289 e. The van der Waals surface area contributed by atoms with E-state index in [1.54, 1.807) is 0 Å². The minimum Gasteiger partial charge on any atom is -0.454 e. The predicted octanol–water partition coefficient (Wildman–Crippen LogP) is 1.70. The fourth-order valence-electron chi connectivity index (χ4n) is 1.50. The van der Waals surface area contributed by atoms with Crippen molar-refractivity contribution in [2.45, 2.75) is 12.0 Å². The minimum absolute atomic E-state index is 0.00923. The summed E-state index contributed by atoms with van der Waals surface area (Å²) in [5, 5.41) is 8.63. The summed E-state index contributed by atoms with van der Waals surface area (Å²) >= 11 is 5.84. The highest BCUT2D eigenvalue weighted by atomic mass is 35.5. The third kappa shape index (κ3) is 2.15. The van der Waals surface area contributed by atoms with Crippen LogP contribution in [0.25, 0.3) is 0 Å². The Morgan fingerprint density at radius 3 is 2.59 bits per heavy atom. The molecule has 0 saturated carbocycles. The number of alkyl halides is 2. The molecule has 1 aliphatic heterocycles. The normalized spacial score (nSPS) is 16.1. The Kier molecular flexibility index (Phi) is 3.11. The molecule has 1 aromatic rings. The molecule has 3 N–H and O–H groups in total. The van der Waals surface area contributed by atoms with E-state index in [9.17, 15) is 8.78 Å². The van der Waals surface area contributed by atoms with Crippen molar-refractivity contribution in [3.8, 4) is 11.5 Å². The predicted molar refractivity (Wildman–Crippen MR) is 56.5 cm³/mol. The summed E-state index contributed by atoms with van der Waals surface area (Å²) in [6.07, 6.45) is 0. The Bertz CT molecular complexity index is 442. The van der Waals surface area contributed by atoms with Gasteiger partial charge in [-0.25, -0.2) is 8.78 Å². The Balaban J connectivity index is 2.39. The van der Waals surface area contributed by atoms with Crippen molar-refractivity contribution in [3.63, 3.8) is 0 Å². The number of benzene rings is 1. The van der Waals surface area contributed by atoms with E-state index >= 15 is 0 Å². The van der Waals surface area contributed by atoms with Crippen LogP contribution in [0.4, 0.5) is 8.78 Å². The van der Waals surface area contributed by atoms with Gasteiger partial charge in [0.2, 0.25) is 6.79 Å². The van der Waals surface area contributed by atoms with Gasteiger partial charge in [0.1, 0.15) is 6.61 Å². The van der Waals surface area contributed by atoms with Crippen LogP contribution in [0.1, 0.15) is 11.6 Å². The molecule has 0 spiro atoms. The summed E-state index contributed by atoms with van der Waals surface area (Å²) in [4.78, 5) is 0. The van der Waals surface area contributed by atoms with Gasteiger partial charge in [-0.2, -0.15) is 0 Å². The Morgan fingerprint density at radius 2 is 2.00 bits per heavy atom. The second kappa shape index (κ2) is 4.29. The van der Waals surface area contributed by atoms with Crippen LogP contribution in [0, 0.1) is 0 Å². The summed E-state index contributed by atoms with van der Waals surface area (Å²) < 4.78 is 36.6. The van der Waals surface area contributed by atoms with Crippen LogP contribution >= 0.6 is 11.6 Å². The summed E-state index contributed by atoms with van der Waals surface area (Å²) in [6, 6.07) is 0.973. The number of rotatable bonds is 3. The number of aliphatic hydroxyl groups excluding tert-OH is 1. The highest BCUT2D eigenvalue weighted by Gasteiger charge is 2.39. The van der Waals surface area contributed by atoms with Crippen molar-refractivity contribution in [3.05, 3.63) is 22.7 Å². The molecule has 7 heteroatoms. The van der Waals surface area contributed by atoms with Gasteiger partial charge in [0.05, 0.1) is 6.04 Å². The number of hydrogen-bond acceptors (Lipinski definition) is 4. The van der Waals surface area contributed by atoms with Gasteiger partial charge in [-0.05, 0) is 11.6 Å². The molecule has 0 aliphatic carbocycles. The van der Waals surface area contributed by atoms with Gasteiger partial charge in [0, 0.05) is 11.1 Å². The van der Waals surface area contributed by atoms with Gasteiger partial charge in [-0.3, -0.25) is 0 Å². The molecule has 0 aromatic heterocycles. The molecule has 0 radical (unpaired) electrons. The fraction of sp³-hybridized carbons (Fsp3) is 0.400. The summed E-state index contributed by atoms with van der Waals surface area (Å²) in [5.41, 5.74) is 5.40. The van der Waals surface area contributed by atoms with E-state index in [1.807, 2.05) is 0 Å². The standard InChI is InChI=1S/C10H10ClF2NO3/c11-6-2-8-7(16-4-17-8)1-5(6)9(14)10(12,13)3-15/h1-2,9,15H,3-4,14H2/t9-/m0/s1. The van der Waals surface area contributed by atoms with Crippen LogP contribution in [0.5, 0.6) is 11.5 Å². The van der Waals surface area contributed by atoms with E-state index in [4.69, 9.17) is 31.9 Å². The summed E-state index contributed by atoms with van der Waals surface area (Å²) in [5.74, 6) is -2.75. The zero-order valence-corrected chi connectivity index (χ0v) is 9.38. The largest absolute Gasteiger partial charge is 0.454 e. The third-order valence-corrected chi connectivity index (χ3v) is 2.82. The van der Waals surface area contributed by atoms with Gasteiger partial charge in [0.15, 0.2) is 11.5 Å². The molecule has 1 atom stereocenters. The molecule has 0 amide bonds. The van der Waals surface area contributed by atoms with Crippen LogP contribution in [-0.4, -0.2) is 24.4 Å². The van der Waals surface area contributed by atoms with Crippen LogP contribution < -0.4 is 15.2 Å². The molecule has 0 unspecified atom stereocenters. The van der Waals surface area contributed by atoms with Crippen molar-refractivity contribution in [1.82, 2.24) is 0 Å². The van der Waals surface area contributed by atoms with Crippen LogP contribution in [0.3, 0.4) is 0 Å². The highest BCUT2D eigenvalue weighted by molar-refractivity contribution is 6.31. The first-order valence-corrected chi connectivity index (χ1v) is 5.17. The van der Waals surface area contributed by atoms with E-state index in [0.29, 0.717) is 11.5 Å². The lowest BCUT2D eigenvalue weighted by molar-refractivity contribution is -0.0711. The van der Waals surface area contributed by atoms with Gasteiger partial charge in [0.25, 0.3) is 5.92 Å². The number of fused-ring (bicyclic) bond motifs is 1. The number of nitrogens with two attached hydrogens (primary N) is 1. The number of ether oxygens (including phenoxy) is 2. The topological polar surface area (TPSA) is 64.7 Å². The summed E-state index contributed by atoms with van der Waals surface area (Å²) in [6.45, 7) is -1.33. The lowest BCUT2D eigenvalue weighted by atomic mass is 10.0. The Morgan fingerprint density at radius 1 is 1.41 bits per heavy atom. The first-order chi connectivity index (χ1) is 7.95. The lowest BCUT2D eigenvalue weighted by Crippen LogP contribution is -2.36. The van der Waals surface area contributed by atoms with Gasteiger partial charge in [-0.1, -0.05) is 11.6 Å². The van der Waals surface area contributed by atoms with Crippen LogP contribution in [0.15, 0.2) is 12.1 Å². The molecule has 1 heterocycles. The van der Waals surface area contributed by atoms with Crippen molar-refractivity contribution in [2.24, 2.45) is 5.73 Å². The van der Waals surface area contributed by atoms with Crippen LogP contribution in [0.2, 0.25) is 5.02 Å². The fourth-order valence-corrected chi connectivity index (χ4v) is 1.77. The molecular formula is C10H10ClF2NO3. The van der Waals surface area contributed by atoms with Gasteiger partial charge in [-0.15, -0.1) is 0 Å². The van der Waals surface area contributed by atoms with Crippen molar-refractivity contribution in [2.75, 3.05) is 13.4 Å². The molecule has 0 saturated heterocycles. The zero-order chi connectivity index (χ0) is 12.6. The monoisotopic (exact) mass is 265 g/mol. The average molecular weight is 266 g/mol. The quantitative estimate of drug-likeness (QED) is 0.873. The Hall–Kier alpha value is -1.11. The van der Waals surface area contributed by atoms with Crippen molar-refractivity contribution >= 4 is 11.6 Å². The maximum absolute atomic E-state index is 13.3. The minimum atomic E-state index is -3.45. The molecule has 0 bridgehead atoms. The molecule has 4 nitrogen and oxygen atoms in total. The van der Waals surface area contributed by atoms with Crippen molar-refractivity contribution < 1.29 is 23.4 Å². The molecule has 17 heavy (non-hydrogen) atoms. The summed E-state index contributed by atoms with van der Waals surface area (Å²) in [7, 11) is 0. The van der Waals surface area contributed by atoms with Crippen molar-refractivity contribution in [1.29, 1.82) is 0 Å². The number of hydrogen-bond donors (Lipinski definition) is 2. The Labute approximate surface area is 101 Å². The van der Waals surface area contributed by atoms with Crippen LogP contribution in [-0.2, 0) is 0 Å². The van der Waals surface area contributed by atoms with E-state index < -0.39 is 18.6 Å². The molecular weight excluding hydrogens is 256 g/mol. The number of halogens is 3. The smallest absolute Gasteiger partial charge is 0.289 e. The molecule has 0 fully saturated rings. The first kappa shape index (κ1) is 12.3. The van der Waals surface area contributed by atoms with E-state index in [-0.39, 0.29) is 17.4 Å². The zero-order valence-electron chi connectivity index (χ0n) is 8.62. The molecule has 94 valence electrons. The SMILES string of the molecule is N[C@@H](c1cc2c(cc1Cl)OCO2)C(F)(F)CO. The second-order valence-electron chi connectivity index (χ2n) is 3.62. The van der Waals surface area contributed by atoms with Gasteiger partial charge < -0.3 is 20.3 Å². The highest BCUT2D eigenvalue weighted by Crippen LogP contribution is 2.41.